The highest BCUT2D eigenvalue weighted by molar-refractivity contribution is 6.33. The molecule has 1 aromatic carbocycles. The van der Waals surface area contributed by atoms with Gasteiger partial charge in [-0.1, -0.05) is 57.0 Å². The highest BCUT2D eigenvalue weighted by atomic mass is 35.5. The van der Waals surface area contributed by atoms with E-state index in [0.29, 0.717) is 17.4 Å². The molecule has 156 valence electrons. The lowest BCUT2D eigenvalue weighted by atomic mass is 10.1. The molecule has 2 aromatic rings. The number of hydrogen-bond acceptors (Lipinski definition) is 5. The average molecular weight is 418 g/mol. The molecule has 0 aliphatic heterocycles. The van der Waals surface area contributed by atoms with Crippen molar-refractivity contribution in [3.05, 3.63) is 52.7 Å². The standard InChI is InChI=1S/C22H28ClN3O3/c1-2-3-4-5-6-7-8-13-29-19-11-9-17(20(23)14-19)16-25-26-21-12-10-18(15-24-21)22(27)28/h9-12,14-16H,2-8,13H2,1H3,(H,24,26)(H,27,28)/b25-16+. The molecule has 0 saturated heterocycles. The minimum atomic E-state index is -1.02. The van der Waals surface area contributed by atoms with Crippen LogP contribution in [0.3, 0.4) is 0 Å². The number of carboxylic acid groups (broad SMARTS) is 1. The van der Waals surface area contributed by atoms with Crippen molar-refractivity contribution in [3.63, 3.8) is 0 Å². The van der Waals surface area contributed by atoms with Gasteiger partial charge in [0.05, 0.1) is 23.4 Å². The van der Waals surface area contributed by atoms with E-state index in [2.05, 4.69) is 22.4 Å². The number of ether oxygens (including phenoxy) is 1. The van der Waals surface area contributed by atoms with Crippen molar-refractivity contribution in [2.45, 2.75) is 51.9 Å². The van der Waals surface area contributed by atoms with Crippen LogP contribution in [0.25, 0.3) is 0 Å². The van der Waals surface area contributed by atoms with E-state index >= 15 is 0 Å². The summed E-state index contributed by atoms with van der Waals surface area (Å²) in [5, 5.41) is 13.5. The number of pyridine rings is 1. The van der Waals surface area contributed by atoms with Crippen molar-refractivity contribution in [1.29, 1.82) is 0 Å². The summed E-state index contributed by atoms with van der Waals surface area (Å²) < 4.78 is 5.77. The van der Waals surface area contributed by atoms with Gasteiger partial charge in [0.2, 0.25) is 0 Å². The summed E-state index contributed by atoms with van der Waals surface area (Å²) in [6.45, 7) is 2.92. The minimum Gasteiger partial charge on any atom is -0.494 e. The number of benzene rings is 1. The Morgan fingerprint density at radius 1 is 1.17 bits per heavy atom. The molecule has 0 atom stereocenters. The molecule has 2 rings (SSSR count). The van der Waals surface area contributed by atoms with Crippen LogP contribution in [-0.2, 0) is 0 Å². The molecule has 0 fully saturated rings. The Bertz CT molecular complexity index is 794. The Morgan fingerprint density at radius 3 is 2.59 bits per heavy atom. The van der Waals surface area contributed by atoms with Gasteiger partial charge in [0.15, 0.2) is 0 Å². The Hall–Kier alpha value is -2.60. The van der Waals surface area contributed by atoms with Crippen molar-refractivity contribution in [2.24, 2.45) is 5.10 Å². The fraction of sp³-hybridized carbons (Fsp3) is 0.409. The minimum absolute atomic E-state index is 0.120. The van der Waals surface area contributed by atoms with E-state index in [1.807, 2.05) is 12.1 Å². The van der Waals surface area contributed by atoms with Crippen LogP contribution in [-0.4, -0.2) is 28.9 Å². The molecule has 29 heavy (non-hydrogen) atoms. The Kier molecular flexibility index (Phi) is 10.00. The number of nitrogens with zero attached hydrogens (tertiary/aromatic N) is 2. The van der Waals surface area contributed by atoms with Gasteiger partial charge in [0.25, 0.3) is 0 Å². The maximum atomic E-state index is 10.8. The van der Waals surface area contributed by atoms with Gasteiger partial charge in [-0.3, -0.25) is 5.43 Å². The summed E-state index contributed by atoms with van der Waals surface area (Å²) in [6.07, 6.45) is 11.6. The second kappa shape index (κ2) is 12.8. The third kappa shape index (κ3) is 8.52. The number of hydrazone groups is 1. The predicted octanol–water partition coefficient (Wildman–Crippen LogP) is 6.01. The smallest absolute Gasteiger partial charge is 0.337 e. The Balaban J connectivity index is 1.74. The zero-order chi connectivity index (χ0) is 20.9. The second-order valence-electron chi connectivity index (χ2n) is 6.76. The van der Waals surface area contributed by atoms with Crippen LogP contribution >= 0.6 is 11.6 Å². The molecule has 0 aliphatic carbocycles. The first kappa shape index (κ1) is 22.7. The summed E-state index contributed by atoms with van der Waals surface area (Å²) >= 11 is 6.30. The first-order chi connectivity index (χ1) is 14.1. The number of carboxylic acids is 1. The summed E-state index contributed by atoms with van der Waals surface area (Å²) in [7, 11) is 0. The zero-order valence-corrected chi connectivity index (χ0v) is 17.5. The zero-order valence-electron chi connectivity index (χ0n) is 16.7. The van der Waals surface area contributed by atoms with E-state index in [1.54, 1.807) is 18.3 Å². The predicted molar refractivity (Wildman–Crippen MR) is 117 cm³/mol. The van der Waals surface area contributed by atoms with Crippen molar-refractivity contribution in [2.75, 3.05) is 12.0 Å². The number of unbranched alkanes of at least 4 members (excludes halogenated alkanes) is 6. The van der Waals surface area contributed by atoms with Crippen LogP contribution in [0.5, 0.6) is 5.75 Å². The monoisotopic (exact) mass is 417 g/mol. The fourth-order valence-corrected chi connectivity index (χ4v) is 2.93. The second-order valence-corrected chi connectivity index (χ2v) is 7.17. The Morgan fingerprint density at radius 2 is 1.93 bits per heavy atom. The molecular formula is C22H28ClN3O3. The molecule has 0 radical (unpaired) electrons. The number of halogens is 1. The topological polar surface area (TPSA) is 83.8 Å². The van der Waals surface area contributed by atoms with E-state index in [-0.39, 0.29) is 5.56 Å². The van der Waals surface area contributed by atoms with Gasteiger partial charge in [-0.15, -0.1) is 0 Å². The van der Waals surface area contributed by atoms with Crippen LogP contribution in [0.4, 0.5) is 5.82 Å². The maximum absolute atomic E-state index is 10.8. The van der Waals surface area contributed by atoms with Gasteiger partial charge in [0.1, 0.15) is 11.6 Å². The molecule has 0 bridgehead atoms. The largest absolute Gasteiger partial charge is 0.494 e. The molecule has 1 heterocycles. The van der Waals surface area contributed by atoms with Gasteiger partial charge in [-0.25, -0.2) is 9.78 Å². The highest BCUT2D eigenvalue weighted by Gasteiger charge is 2.03. The van der Waals surface area contributed by atoms with Gasteiger partial charge in [-0.05, 0) is 36.8 Å². The van der Waals surface area contributed by atoms with E-state index in [4.69, 9.17) is 21.4 Å². The highest BCUT2D eigenvalue weighted by Crippen LogP contribution is 2.22. The first-order valence-electron chi connectivity index (χ1n) is 10.0. The maximum Gasteiger partial charge on any atom is 0.337 e. The number of carbonyl (C=O) groups is 1. The van der Waals surface area contributed by atoms with Gasteiger partial charge in [0, 0.05) is 11.8 Å². The molecule has 6 nitrogen and oxygen atoms in total. The van der Waals surface area contributed by atoms with E-state index in [1.165, 1.54) is 50.8 Å². The van der Waals surface area contributed by atoms with Gasteiger partial charge < -0.3 is 9.84 Å². The molecule has 1 aromatic heterocycles. The Labute approximate surface area is 177 Å². The molecule has 0 saturated carbocycles. The molecule has 0 amide bonds. The summed E-state index contributed by atoms with van der Waals surface area (Å²) in [6, 6.07) is 8.49. The molecule has 2 N–H and O–H groups in total. The van der Waals surface area contributed by atoms with Crippen LogP contribution in [0.2, 0.25) is 5.02 Å². The first-order valence-corrected chi connectivity index (χ1v) is 10.4. The van der Waals surface area contributed by atoms with Gasteiger partial charge >= 0.3 is 5.97 Å². The van der Waals surface area contributed by atoms with E-state index < -0.39 is 5.97 Å². The lowest BCUT2D eigenvalue weighted by Crippen LogP contribution is -1.99. The number of aromatic nitrogens is 1. The lowest BCUT2D eigenvalue weighted by molar-refractivity contribution is 0.0696. The normalized spacial score (nSPS) is 11.0. The fourth-order valence-electron chi connectivity index (χ4n) is 2.71. The van der Waals surface area contributed by atoms with E-state index in [9.17, 15) is 4.79 Å². The number of anilines is 1. The van der Waals surface area contributed by atoms with E-state index in [0.717, 1.165) is 17.7 Å². The van der Waals surface area contributed by atoms with Crippen molar-refractivity contribution in [1.82, 2.24) is 4.98 Å². The molecular weight excluding hydrogens is 390 g/mol. The third-order valence-electron chi connectivity index (χ3n) is 4.38. The third-order valence-corrected chi connectivity index (χ3v) is 4.71. The number of rotatable bonds is 13. The summed E-state index contributed by atoms with van der Waals surface area (Å²) in [5.74, 6) is 0.169. The van der Waals surface area contributed by atoms with Crippen molar-refractivity contribution in [3.8, 4) is 5.75 Å². The summed E-state index contributed by atoms with van der Waals surface area (Å²) in [4.78, 5) is 14.8. The van der Waals surface area contributed by atoms with Crippen molar-refractivity contribution >= 4 is 29.6 Å². The SMILES string of the molecule is CCCCCCCCCOc1ccc(/C=N/Nc2ccc(C(=O)O)cn2)c(Cl)c1. The van der Waals surface area contributed by atoms with Crippen molar-refractivity contribution < 1.29 is 14.6 Å². The van der Waals surface area contributed by atoms with Crippen LogP contribution < -0.4 is 10.2 Å². The van der Waals surface area contributed by atoms with Crippen LogP contribution in [0.15, 0.2) is 41.6 Å². The summed E-state index contributed by atoms with van der Waals surface area (Å²) in [5.41, 5.74) is 3.60. The number of nitrogens with one attached hydrogen (secondary N) is 1. The average Bonchev–Trinajstić information content (AvgIpc) is 2.72. The van der Waals surface area contributed by atoms with Crippen LogP contribution in [0, 0.1) is 0 Å². The van der Waals surface area contributed by atoms with Gasteiger partial charge in [-0.2, -0.15) is 5.10 Å². The quantitative estimate of drug-likeness (QED) is 0.237. The number of aromatic carboxylic acids is 1. The molecule has 7 heteroatoms. The number of hydrogen-bond donors (Lipinski definition) is 2. The van der Waals surface area contributed by atoms with Crippen LogP contribution in [0.1, 0.15) is 67.8 Å². The molecule has 0 unspecified atom stereocenters. The lowest BCUT2D eigenvalue weighted by Gasteiger charge is -2.08. The molecule has 0 spiro atoms. The molecule has 0 aliphatic rings.